The van der Waals surface area contributed by atoms with Crippen molar-refractivity contribution in [3.63, 3.8) is 0 Å². The molecule has 0 radical (unpaired) electrons. The molecule has 6 nitrogen and oxygen atoms in total. The molecule has 3 rings (SSSR count). The standard InChI is InChI=1S/C26H22Br2F2N2O4/c1-3-35-25(33)13-18-12-23(30)21(27)11-19(18)14-34-9-8-16-10-20(31-2)5-4-17(16)15-36-24-7-6-22(29)26(28)32-24/h4-7,10-12H,3,8-9,13-15H2,1H3. The summed E-state index contributed by atoms with van der Waals surface area (Å²) in [7, 11) is 0. The van der Waals surface area contributed by atoms with Gasteiger partial charge in [-0.3, -0.25) is 4.79 Å². The van der Waals surface area contributed by atoms with Crippen molar-refractivity contribution in [2.45, 2.75) is 33.0 Å². The topological polar surface area (TPSA) is 62.0 Å². The quantitative estimate of drug-likeness (QED) is 0.101. The van der Waals surface area contributed by atoms with Crippen molar-refractivity contribution in [2.75, 3.05) is 13.2 Å². The predicted octanol–water partition coefficient (Wildman–Crippen LogP) is 6.88. The Hall–Kier alpha value is -2.87. The highest BCUT2D eigenvalue weighted by Crippen LogP contribution is 2.24. The van der Waals surface area contributed by atoms with Gasteiger partial charge in [0.2, 0.25) is 5.88 Å². The molecule has 0 saturated carbocycles. The Kier molecular flexibility index (Phi) is 10.3. The Morgan fingerprint density at radius 2 is 1.81 bits per heavy atom. The molecule has 36 heavy (non-hydrogen) atoms. The van der Waals surface area contributed by atoms with Crippen LogP contribution in [0.15, 0.2) is 51.5 Å². The molecule has 0 aliphatic carbocycles. The average molecular weight is 624 g/mol. The predicted molar refractivity (Wildman–Crippen MR) is 137 cm³/mol. The number of hydrogen-bond acceptors (Lipinski definition) is 5. The van der Waals surface area contributed by atoms with Crippen LogP contribution in [-0.2, 0) is 40.3 Å². The van der Waals surface area contributed by atoms with Crippen molar-refractivity contribution >= 4 is 43.5 Å². The van der Waals surface area contributed by atoms with Crippen LogP contribution in [0.2, 0.25) is 0 Å². The van der Waals surface area contributed by atoms with E-state index in [-0.39, 0.29) is 41.2 Å². The van der Waals surface area contributed by atoms with Gasteiger partial charge in [0, 0.05) is 6.07 Å². The number of rotatable bonds is 11. The summed E-state index contributed by atoms with van der Waals surface area (Å²) in [5.74, 6) is -1.14. The van der Waals surface area contributed by atoms with Gasteiger partial charge in [-0.25, -0.2) is 18.6 Å². The number of ether oxygens (including phenoxy) is 3. The van der Waals surface area contributed by atoms with Crippen molar-refractivity contribution < 1.29 is 27.8 Å². The first kappa shape index (κ1) is 27.7. The first-order valence-electron chi connectivity index (χ1n) is 10.9. The summed E-state index contributed by atoms with van der Waals surface area (Å²) in [5.41, 5.74) is 3.34. The lowest BCUT2D eigenvalue weighted by molar-refractivity contribution is -0.142. The zero-order valence-electron chi connectivity index (χ0n) is 19.3. The minimum absolute atomic E-state index is 0.0567. The van der Waals surface area contributed by atoms with Gasteiger partial charge in [-0.1, -0.05) is 18.2 Å². The van der Waals surface area contributed by atoms with E-state index in [1.807, 2.05) is 0 Å². The zero-order chi connectivity index (χ0) is 26.1. The van der Waals surface area contributed by atoms with Gasteiger partial charge < -0.3 is 14.2 Å². The van der Waals surface area contributed by atoms with Crippen LogP contribution >= 0.6 is 31.9 Å². The van der Waals surface area contributed by atoms with Crippen LogP contribution in [0.4, 0.5) is 14.5 Å². The maximum Gasteiger partial charge on any atom is 0.310 e. The smallest absolute Gasteiger partial charge is 0.310 e. The second-order valence-electron chi connectivity index (χ2n) is 7.60. The molecule has 0 amide bonds. The van der Waals surface area contributed by atoms with E-state index in [9.17, 15) is 13.6 Å². The number of nitrogens with zero attached hydrogens (tertiary/aromatic N) is 2. The third-order valence-corrected chi connectivity index (χ3v) is 6.29. The van der Waals surface area contributed by atoms with Crippen molar-refractivity contribution in [2.24, 2.45) is 0 Å². The van der Waals surface area contributed by atoms with E-state index < -0.39 is 17.6 Å². The third kappa shape index (κ3) is 7.82. The van der Waals surface area contributed by atoms with Crippen LogP contribution in [0.5, 0.6) is 5.88 Å². The molecule has 0 saturated heterocycles. The lowest BCUT2D eigenvalue weighted by Crippen LogP contribution is -2.11. The fourth-order valence-corrected chi connectivity index (χ4v) is 4.05. The van der Waals surface area contributed by atoms with Gasteiger partial charge >= 0.3 is 5.97 Å². The number of carbonyl (C=O) groups is 1. The van der Waals surface area contributed by atoms with Gasteiger partial charge in [-0.2, -0.15) is 0 Å². The number of benzene rings is 2. The summed E-state index contributed by atoms with van der Waals surface area (Å²) in [6.45, 7) is 9.90. The highest BCUT2D eigenvalue weighted by molar-refractivity contribution is 9.10. The average Bonchev–Trinajstić information content (AvgIpc) is 2.85. The van der Waals surface area contributed by atoms with Crippen LogP contribution in [0.25, 0.3) is 4.85 Å². The second-order valence-corrected chi connectivity index (χ2v) is 9.20. The Labute approximate surface area is 224 Å². The number of pyridine rings is 1. The summed E-state index contributed by atoms with van der Waals surface area (Å²) < 4.78 is 44.3. The summed E-state index contributed by atoms with van der Waals surface area (Å²) in [6.07, 6.45) is 0.428. The van der Waals surface area contributed by atoms with E-state index in [0.29, 0.717) is 29.8 Å². The Morgan fingerprint density at radius 3 is 2.53 bits per heavy atom. The maximum absolute atomic E-state index is 14.1. The zero-order valence-corrected chi connectivity index (χ0v) is 22.5. The number of halogens is 4. The monoisotopic (exact) mass is 622 g/mol. The fourth-order valence-electron chi connectivity index (χ4n) is 3.35. The molecule has 1 aromatic heterocycles. The molecule has 0 aliphatic rings. The Balaban J connectivity index is 1.66. The number of carbonyl (C=O) groups excluding carboxylic acids is 1. The molecule has 3 aromatic rings. The number of hydrogen-bond donors (Lipinski definition) is 0. The molecule has 10 heteroatoms. The van der Waals surface area contributed by atoms with Gasteiger partial charge in [0.1, 0.15) is 17.0 Å². The SMILES string of the molecule is [C-]#[N+]c1ccc(COc2ccc(F)c(Br)n2)c(CCOCc2cc(Br)c(F)cc2CC(=O)OCC)c1. The first-order valence-corrected chi connectivity index (χ1v) is 12.5. The Bertz CT molecular complexity index is 1280. The fraction of sp³-hybridized carbons (Fsp3) is 0.269. The van der Waals surface area contributed by atoms with E-state index in [1.165, 1.54) is 18.2 Å². The summed E-state index contributed by atoms with van der Waals surface area (Å²) in [4.78, 5) is 19.4. The van der Waals surface area contributed by atoms with Crippen molar-refractivity contribution in [1.29, 1.82) is 0 Å². The molecule has 1 heterocycles. The molecule has 0 unspecified atom stereocenters. The minimum atomic E-state index is -0.486. The molecule has 0 bridgehead atoms. The van der Waals surface area contributed by atoms with Gasteiger partial charge in [0.15, 0.2) is 11.5 Å². The maximum atomic E-state index is 14.1. The summed E-state index contributed by atoms with van der Waals surface area (Å²) in [5, 5.41) is 0. The molecule has 0 N–H and O–H groups in total. The normalized spacial score (nSPS) is 10.7. The molecule has 0 fully saturated rings. The van der Waals surface area contributed by atoms with E-state index in [0.717, 1.165) is 11.1 Å². The third-order valence-electron chi connectivity index (χ3n) is 5.13. The van der Waals surface area contributed by atoms with E-state index in [2.05, 4.69) is 41.7 Å². The molecular weight excluding hydrogens is 602 g/mol. The van der Waals surface area contributed by atoms with E-state index in [4.69, 9.17) is 20.8 Å². The second kappa shape index (κ2) is 13.4. The Morgan fingerprint density at radius 1 is 1.00 bits per heavy atom. The van der Waals surface area contributed by atoms with Crippen LogP contribution in [0.3, 0.4) is 0 Å². The van der Waals surface area contributed by atoms with Crippen molar-refractivity contribution in [3.8, 4) is 5.88 Å². The highest BCUT2D eigenvalue weighted by Gasteiger charge is 2.14. The van der Waals surface area contributed by atoms with Gasteiger partial charge in [-0.15, -0.1) is 0 Å². The van der Waals surface area contributed by atoms with Crippen LogP contribution in [0.1, 0.15) is 29.2 Å². The molecule has 188 valence electrons. The number of esters is 1. The first-order chi connectivity index (χ1) is 17.3. The lowest BCUT2D eigenvalue weighted by atomic mass is 10.0. The largest absolute Gasteiger partial charge is 0.473 e. The molecule has 2 aromatic carbocycles. The minimum Gasteiger partial charge on any atom is -0.473 e. The molecular formula is C26H22Br2F2N2O4. The van der Waals surface area contributed by atoms with Gasteiger partial charge in [-0.05, 0) is 85.7 Å². The highest BCUT2D eigenvalue weighted by atomic mass is 79.9. The summed E-state index contributed by atoms with van der Waals surface area (Å²) >= 11 is 6.21. The summed E-state index contributed by atoms with van der Waals surface area (Å²) in [6, 6.07) is 10.9. The van der Waals surface area contributed by atoms with E-state index in [1.54, 1.807) is 31.2 Å². The van der Waals surface area contributed by atoms with Gasteiger partial charge in [0.25, 0.3) is 0 Å². The van der Waals surface area contributed by atoms with Crippen molar-refractivity contribution in [3.05, 3.63) is 96.8 Å². The lowest BCUT2D eigenvalue weighted by Gasteiger charge is -2.14. The number of aromatic nitrogens is 1. The van der Waals surface area contributed by atoms with E-state index >= 15 is 0 Å². The van der Waals surface area contributed by atoms with Crippen LogP contribution in [-0.4, -0.2) is 24.2 Å². The molecule has 0 aliphatic heterocycles. The molecule has 0 spiro atoms. The van der Waals surface area contributed by atoms with Gasteiger partial charge in [0.05, 0.1) is 37.3 Å². The van der Waals surface area contributed by atoms with Crippen LogP contribution in [0, 0.1) is 18.2 Å². The molecule has 0 atom stereocenters. The van der Waals surface area contributed by atoms with Crippen LogP contribution < -0.4 is 4.74 Å². The van der Waals surface area contributed by atoms with Crippen molar-refractivity contribution in [1.82, 2.24) is 4.98 Å².